The second-order valence-electron chi connectivity index (χ2n) is 7.89. The molecule has 3 rings (SSSR count). The number of nitrogens with zero attached hydrogens (tertiary/aromatic N) is 2. The van der Waals surface area contributed by atoms with Crippen molar-refractivity contribution in [1.29, 1.82) is 0 Å². The number of likely N-dealkylation sites (N-methyl/N-ethyl adjacent to an activating group) is 1. The van der Waals surface area contributed by atoms with Crippen molar-refractivity contribution in [2.75, 3.05) is 26.7 Å². The Labute approximate surface area is 185 Å². The summed E-state index contributed by atoms with van der Waals surface area (Å²) in [4.78, 5) is 40.3. The molecule has 1 atom stereocenters. The molecule has 1 heterocycles. The van der Waals surface area contributed by atoms with Gasteiger partial charge in [-0.1, -0.05) is 30.3 Å². The average Bonchev–Trinajstić information content (AvgIpc) is 2.81. The molecule has 2 amide bonds. The minimum atomic E-state index is -0.913. The molecule has 170 valence electrons. The number of amides is 2. The first kappa shape index (κ1) is 23.4. The summed E-state index contributed by atoms with van der Waals surface area (Å²) in [5.74, 6) is -3.45. The van der Waals surface area contributed by atoms with Crippen LogP contribution in [0.5, 0.6) is 0 Å². The van der Waals surface area contributed by atoms with Gasteiger partial charge in [-0.25, -0.2) is 8.78 Å². The SMILES string of the molecule is CC(c1ccccc1)N(C)C(=O)COC(=O)C1CCN(C(=O)c2ccc(F)cc2F)CC1. The molecule has 0 aromatic heterocycles. The van der Waals surface area contributed by atoms with E-state index < -0.39 is 29.4 Å². The van der Waals surface area contributed by atoms with Crippen molar-refractivity contribution in [3.63, 3.8) is 0 Å². The molecule has 1 saturated heterocycles. The van der Waals surface area contributed by atoms with Crippen LogP contribution in [0, 0.1) is 17.6 Å². The highest BCUT2D eigenvalue weighted by Crippen LogP contribution is 2.22. The minimum Gasteiger partial charge on any atom is -0.455 e. The van der Waals surface area contributed by atoms with E-state index in [2.05, 4.69) is 0 Å². The van der Waals surface area contributed by atoms with Gasteiger partial charge in [0, 0.05) is 26.2 Å². The molecule has 2 aromatic rings. The number of carbonyl (C=O) groups excluding carboxylic acids is 3. The fraction of sp³-hybridized carbons (Fsp3) is 0.375. The average molecular weight is 444 g/mol. The predicted octanol–water partition coefficient (Wildman–Crippen LogP) is 3.58. The third-order valence-electron chi connectivity index (χ3n) is 5.87. The minimum absolute atomic E-state index is 0.163. The molecule has 32 heavy (non-hydrogen) atoms. The van der Waals surface area contributed by atoms with Gasteiger partial charge in [0.05, 0.1) is 17.5 Å². The normalized spacial score (nSPS) is 15.2. The first-order valence-electron chi connectivity index (χ1n) is 10.5. The number of likely N-dealkylation sites (tertiary alicyclic amines) is 1. The molecule has 1 aliphatic rings. The molecule has 1 aliphatic heterocycles. The van der Waals surface area contributed by atoms with E-state index in [0.717, 1.165) is 17.7 Å². The Hall–Kier alpha value is -3.29. The fourth-order valence-electron chi connectivity index (χ4n) is 3.68. The number of piperidine rings is 1. The van der Waals surface area contributed by atoms with Gasteiger partial charge in [-0.2, -0.15) is 0 Å². The first-order chi connectivity index (χ1) is 15.3. The lowest BCUT2D eigenvalue weighted by Gasteiger charge is -2.31. The van der Waals surface area contributed by atoms with Crippen LogP contribution in [0.15, 0.2) is 48.5 Å². The molecule has 1 unspecified atom stereocenters. The lowest BCUT2D eigenvalue weighted by Crippen LogP contribution is -2.41. The molecule has 0 aliphatic carbocycles. The Bertz CT molecular complexity index is 975. The van der Waals surface area contributed by atoms with Crippen molar-refractivity contribution in [1.82, 2.24) is 9.80 Å². The number of hydrogen-bond acceptors (Lipinski definition) is 4. The second kappa shape index (κ2) is 10.3. The van der Waals surface area contributed by atoms with Crippen molar-refractivity contribution in [2.24, 2.45) is 5.92 Å². The molecular weight excluding hydrogens is 418 g/mol. The van der Waals surface area contributed by atoms with Crippen LogP contribution in [-0.2, 0) is 14.3 Å². The third kappa shape index (κ3) is 5.49. The summed E-state index contributed by atoms with van der Waals surface area (Å²) in [6, 6.07) is 12.2. The Kier molecular flexibility index (Phi) is 7.56. The molecular formula is C24H26F2N2O4. The largest absolute Gasteiger partial charge is 0.455 e. The van der Waals surface area contributed by atoms with Crippen LogP contribution in [0.1, 0.15) is 41.7 Å². The summed E-state index contributed by atoms with van der Waals surface area (Å²) in [5, 5.41) is 0. The van der Waals surface area contributed by atoms with Gasteiger partial charge in [-0.15, -0.1) is 0 Å². The van der Waals surface area contributed by atoms with E-state index in [0.29, 0.717) is 18.9 Å². The quantitative estimate of drug-likeness (QED) is 0.639. The van der Waals surface area contributed by atoms with E-state index in [-0.39, 0.29) is 37.2 Å². The monoisotopic (exact) mass is 444 g/mol. The van der Waals surface area contributed by atoms with Crippen LogP contribution in [-0.4, -0.2) is 54.3 Å². The maximum Gasteiger partial charge on any atom is 0.309 e. The number of benzene rings is 2. The van der Waals surface area contributed by atoms with Crippen LogP contribution in [0.3, 0.4) is 0 Å². The number of esters is 1. The molecule has 0 radical (unpaired) electrons. The maximum absolute atomic E-state index is 13.9. The third-order valence-corrected chi connectivity index (χ3v) is 5.87. The highest BCUT2D eigenvalue weighted by molar-refractivity contribution is 5.94. The Morgan fingerprint density at radius 1 is 1.09 bits per heavy atom. The van der Waals surface area contributed by atoms with E-state index in [1.165, 1.54) is 9.80 Å². The van der Waals surface area contributed by atoms with E-state index in [1.807, 2.05) is 37.3 Å². The maximum atomic E-state index is 13.9. The highest BCUT2D eigenvalue weighted by atomic mass is 19.1. The van der Waals surface area contributed by atoms with Crippen LogP contribution >= 0.6 is 0 Å². The lowest BCUT2D eigenvalue weighted by molar-refractivity contribution is -0.156. The molecule has 0 saturated carbocycles. The summed E-state index contributed by atoms with van der Waals surface area (Å²) in [6.07, 6.45) is 0.690. The summed E-state index contributed by atoms with van der Waals surface area (Å²) < 4.78 is 32.2. The zero-order chi connectivity index (χ0) is 23.3. The second-order valence-corrected chi connectivity index (χ2v) is 7.89. The summed E-state index contributed by atoms with van der Waals surface area (Å²) >= 11 is 0. The van der Waals surface area contributed by atoms with Crippen molar-refractivity contribution >= 4 is 17.8 Å². The Morgan fingerprint density at radius 3 is 2.38 bits per heavy atom. The zero-order valence-corrected chi connectivity index (χ0v) is 18.1. The molecule has 1 fully saturated rings. The number of carbonyl (C=O) groups is 3. The summed E-state index contributed by atoms with van der Waals surface area (Å²) in [6.45, 7) is 2.03. The zero-order valence-electron chi connectivity index (χ0n) is 18.1. The summed E-state index contributed by atoms with van der Waals surface area (Å²) in [5.41, 5.74) is 0.776. The molecule has 2 aromatic carbocycles. The van der Waals surface area contributed by atoms with Gasteiger partial charge in [0.1, 0.15) is 11.6 Å². The van der Waals surface area contributed by atoms with Gasteiger partial charge < -0.3 is 14.5 Å². The van der Waals surface area contributed by atoms with E-state index >= 15 is 0 Å². The van der Waals surface area contributed by atoms with Gasteiger partial charge in [-0.3, -0.25) is 14.4 Å². The Balaban J connectivity index is 1.47. The molecule has 6 nitrogen and oxygen atoms in total. The van der Waals surface area contributed by atoms with Gasteiger partial charge in [0.2, 0.25) is 0 Å². The molecule has 0 bridgehead atoms. The van der Waals surface area contributed by atoms with Gasteiger partial charge in [0.15, 0.2) is 6.61 Å². The number of rotatable bonds is 6. The standard InChI is InChI=1S/C24H26F2N2O4/c1-16(17-6-4-3-5-7-17)27(2)22(29)15-32-24(31)18-10-12-28(13-11-18)23(30)20-9-8-19(25)14-21(20)26/h3-9,14,16,18H,10-13,15H2,1-2H3. The fourth-order valence-corrected chi connectivity index (χ4v) is 3.68. The summed E-state index contributed by atoms with van der Waals surface area (Å²) in [7, 11) is 1.66. The van der Waals surface area contributed by atoms with Crippen molar-refractivity contribution in [2.45, 2.75) is 25.8 Å². The van der Waals surface area contributed by atoms with Crippen molar-refractivity contribution < 1.29 is 27.9 Å². The van der Waals surface area contributed by atoms with E-state index in [1.54, 1.807) is 7.05 Å². The predicted molar refractivity (Wildman–Crippen MR) is 114 cm³/mol. The lowest BCUT2D eigenvalue weighted by atomic mass is 9.96. The van der Waals surface area contributed by atoms with E-state index in [9.17, 15) is 23.2 Å². The molecule has 0 spiro atoms. The number of hydrogen-bond donors (Lipinski definition) is 0. The highest BCUT2D eigenvalue weighted by Gasteiger charge is 2.30. The number of ether oxygens (including phenoxy) is 1. The Morgan fingerprint density at radius 2 is 1.75 bits per heavy atom. The van der Waals surface area contributed by atoms with Crippen molar-refractivity contribution in [3.05, 3.63) is 71.3 Å². The van der Waals surface area contributed by atoms with Crippen LogP contribution in [0.2, 0.25) is 0 Å². The molecule has 8 heteroatoms. The smallest absolute Gasteiger partial charge is 0.309 e. The first-order valence-corrected chi connectivity index (χ1v) is 10.5. The molecule has 0 N–H and O–H groups in total. The van der Waals surface area contributed by atoms with Gasteiger partial charge >= 0.3 is 5.97 Å². The number of halogens is 2. The van der Waals surface area contributed by atoms with Crippen LogP contribution in [0.25, 0.3) is 0 Å². The van der Waals surface area contributed by atoms with Crippen molar-refractivity contribution in [3.8, 4) is 0 Å². The van der Waals surface area contributed by atoms with Crippen LogP contribution < -0.4 is 0 Å². The topological polar surface area (TPSA) is 66.9 Å². The van der Waals surface area contributed by atoms with E-state index in [4.69, 9.17) is 4.74 Å². The van der Waals surface area contributed by atoms with Crippen LogP contribution in [0.4, 0.5) is 8.78 Å². The van der Waals surface area contributed by atoms with Gasteiger partial charge in [-0.05, 0) is 37.5 Å². The van der Waals surface area contributed by atoms with Gasteiger partial charge in [0.25, 0.3) is 11.8 Å².